The molecule has 3 aromatic carbocycles. The first-order valence-corrected chi connectivity index (χ1v) is 10.5. The maximum absolute atomic E-state index is 13.0. The monoisotopic (exact) mass is 463 g/mol. The molecule has 4 nitrogen and oxygen atoms in total. The van der Waals surface area contributed by atoms with Crippen LogP contribution in [0.25, 0.3) is 0 Å². The molecular weight excluding hydrogens is 442 g/mol. The molecule has 0 fully saturated rings. The standard InChI is InChI=1S/C25H22BrNO3/c1-17(2)24(18-11-13-20(26)14-12-18)25(28)30-23(16-27)19-7-6-10-22(15-19)29-21-8-4-3-5-9-21/h3-15,17,23-24H,1-2H3. The second kappa shape index (κ2) is 10.1. The number of halogens is 1. The second-order valence-electron chi connectivity index (χ2n) is 7.21. The van der Waals surface area contributed by atoms with Gasteiger partial charge >= 0.3 is 5.97 Å². The van der Waals surface area contributed by atoms with E-state index in [-0.39, 0.29) is 5.92 Å². The smallest absolute Gasteiger partial charge is 0.315 e. The van der Waals surface area contributed by atoms with Crippen LogP contribution in [0.4, 0.5) is 0 Å². The van der Waals surface area contributed by atoms with Gasteiger partial charge in [0.1, 0.15) is 17.6 Å². The minimum absolute atomic E-state index is 0.0192. The van der Waals surface area contributed by atoms with Crippen LogP contribution in [0.5, 0.6) is 11.5 Å². The number of para-hydroxylation sites is 1. The van der Waals surface area contributed by atoms with Gasteiger partial charge in [-0.25, -0.2) is 0 Å². The van der Waals surface area contributed by atoms with E-state index in [1.807, 2.05) is 68.4 Å². The topological polar surface area (TPSA) is 59.3 Å². The predicted molar refractivity (Wildman–Crippen MR) is 119 cm³/mol. The van der Waals surface area contributed by atoms with Crippen LogP contribution in [0.2, 0.25) is 0 Å². The molecule has 0 aromatic heterocycles. The lowest BCUT2D eigenvalue weighted by molar-refractivity contribution is -0.150. The lowest BCUT2D eigenvalue weighted by atomic mass is 9.88. The van der Waals surface area contributed by atoms with Crippen molar-refractivity contribution >= 4 is 21.9 Å². The van der Waals surface area contributed by atoms with Crippen LogP contribution in [-0.2, 0) is 9.53 Å². The van der Waals surface area contributed by atoms with E-state index in [1.165, 1.54) is 0 Å². The molecule has 0 amide bonds. The molecular formula is C25H22BrNO3. The van der Waals surface area contributed by atoms with Crippen LogP contribution in [0.15, 0.2) is 83.3 Å². The molecule has 0 saturated heterocycles. The first-order valence-electron chi connectivity index (χ1n) is 9.66. The average Bonchev–Trinajstić information content (AvgIpc) is 2.74. The fourth-order valence-electron chi connectivity index (χ4n) is 3.19. The Kier molecular flexibility index (Phi) is 7.26. The Labute approximate surface area is 185 Å². The zero-order valence-electron chi connectivity index (χ0n) is 16.8. The third-order valence-corrected chi connectivity index (χ3v) is 5.17. The molecule has 0 heterocycles. The molecule has 0 spiro atoms. The van der Waals surface area contributed by atoms with Crippen LogP contribution in [0, 0.1) is 17.2 Å². The lowest BCUT2D eigenvalue weighted by Gasteiger charge is -2.22. The van der Waals surface area contributed by atoms with E-state index in [2.05, 4.69) is 22.0 Å². The highest BCUT2D eigenvalue weighted by atomic mass is 79.9. The van der Waals surface area contributed by atoms with Crippen molar-refractivity contribution in [1.29, 1.82) is 5.26 Å². The summed E-state index contributed by atoms with van der Waals surface area (Å²) < 4.78 is 12.4. The highest BCUT2D eigenvalue weighted by Gasteiger charge is 2.28. The van der Waals surface area contributed by atoms with Gasteiger partial charge in [-0.1, -0.05) is 72.2 Å². The number of carbonyl (C=O) groups is 1. The third kappa shape index (κ3) is 5.49. The Morgan fingerprint density at radius 2 is 1.57 bits per heavy atom. The summed E-state index contributed by atoms with van der Waals surface area (Å²) in [5, 5.41) is 9.66. The van der Waals surface area contributed by atoms with Crippen LogP contribution >= 0.6 is 15.9 Å². The molecule has 0 aliphatic heterocycles. The van der Waals surface area contributed by atoms with Crippen LogP contribution in [0.1, 0.15) is 37.0 Å². The normalized spacial score (nSPS) is 12.6. The van der Waals surface area contributed by atoms with E-state index in [0.717, 1.165) is 10.0 Å². The fraction of sp³-hybridized carbons (Fsp3) is 0.200. The number of rotatable bonds is 7. The van der Waals surface area contributed by atoms with Crippen molar-refractivity contribution in [2.24, 2.45) is 5.92 Å². The molecule has 2 unspecified atom stereocenters. The minimum Gasteiger partial charge on any atom is -0.457 e. The first-order chi connectivity index (χ1) is 14.5. The van der Waals surface area contributed by atoms with Crippen molar-refractivity contribution < 1.29 is 14.3 Å². The molecule has 5 heteroatoms. The summed E-state index contributed by atoms with van der Waals surface area (Å²) >= 11 is 3.41. The van der Waals surface area contributed by atoms with E-state index in [1.54, 1.807) is 24.3 Å². The largest absolute Gasteiger partial charge is 0.457 e. The number of nitrogens with zero attached hydrogens (tertiary/aromatic N) is 1. The molecule has 0 saturated carbocycles. The summed E-state index contributed by atoms with van der Waals surface area (Å²) in [4.78, 5) is 13.0. The van der Waals surface area contributed by atoms with E-state index >= 15 is 0 Å². The van der Waals surface area contributed by atoms with Crippen molar-refractivity contribution in [2.45, 2.75) is 25.9 Å². The van der Waals surface area contributed by atoms with E-state index < -0.39 is 18.0 Å². The van der Waals surface area contributed by atoms with Crippen molar-refractivity contribution in [2.75, 3.05) is 0 Å². The maximum Gasteiger partial charge on any atom is 0.315 e. The molecule has 0 aliphatic carbocycles. The Hall–Kier alpha value is -3.10. The van der Waals surface area contributed by atoms with Crippen molar-refractivity contribution in [3.63, 3.8) is 0 Å². The number of carbonyl (C=O) groups excluding carboxylic acids is 1. The zero-order chi connectivity index (χ0) is 21.5. The van der Waals surface area contributed by atoms with Gasteiger partial charge in [0.2, 0.25) is 6.10 Å². The molecule has 30 heavy (non-hydrogen) atoms. The van der Waals surface area contributed by atoms with Gasteiger partial charge in [0.25, 0.3) is 0 Å². The molecule has 0 radical (unpaired) electrons. The molecule has 152 valence electrons. The van der Waals surface area contributed by atoms with E-state index in [4.69, 9.17) is 9.47 Å². The summed E-state index contributed by atoms with van der Waals surface area (Å²) in [5.41, 5.74) is 1.42. The van der Waals surface area contributed by atoms with Gasteiger partial charge < -0.3 is 9.47 Å². The van der Waals surface area contributed by atoms with Gasteiger partial charge in [0.05, 0.1) is 5.92 Å². The number of hydrogen-bond acceptors (Lipinski definition) is 4. The molecule has 2 atom stereocenters. The van der Waals surface area contributed by atoms with Gasteiger partial charge in [-0.05, 0) is 47.9 Å². The van der Waals surface area contributed by atoms with Gasteiger partial charge in [0.15, 0.2) is 0 Å². The molecule has 3 aromatic rings. The van der Waals surface area contributed by atoms with Gasteiger partial charge in [-0.15, -0.1) is 0 Å². The molecule has 0 N–H and O–H groups in total. The second-order valence-corrected chi connectivity index (χ2v) is 8.12. The van der Waals surface area contributed by atoms with Gasteiger partial charge in [-0.3, -0.25) is 4.79 Å². The van der Waals surface area contributed by atoms with Crippen LogP contribution < -0.4 is 4.74 Å². The number of hydrogen-bond donors (Lipinski definition) is 0. The lowest BCUT2D eigenvalue weighted by Crippen LogP contribution is -2.22. The van der Waals surface area contributed by atoms with Crippen LogP contribution in [0.3, 0.4) is 0 Å². The Morgan fingerprint density at radius 3 is 2.20 bits per heavy atom. The van der Waals surface area contributed by atoms with Gasteiger partial charge in [-0.2, -0.15) is 5.26 Å². The highest BCUT2D eigenvalue weighted by molar-refractivity contribution is 9.10. The van der Waals surface area contributed by atoms with Crippen molar-refractivity contribution in [3.05, 3.63) is 94.5 Å². The minimum atomic E-state index is -1.02. The number of ether oxygens (including phenoxy) is 2. The van der Waals surface area contributed by atoms with Crippen LogP contribution in [-0.4, -0.2) is 5.97 Å². The Bertz CT molecular complexity index is 1030. The highest BCUT2D eigenvalue weighted by Crippen LogP contribution is 2.31. The SMILES string of the molecule is CC(C)C(C(=O)OC(C#N)c1cccc(Oc2ccccc2)c1)c1ccc(Br)cc1. The quantitative estimate of drug-likeness (QED) is 0.361. The summed E-state index contributed by atoms with van der Waals surface area (Å²) in [6, 6.07) is 26.1. The maximum atomic E-state index is 13.0. The predicted octanol–water partition coefficient (Wildman–Crippen LogP) is 6.79. The fourth-order valence-corrected chi connectivity index (χ4v) is 3.45. The number of benzene rings is 3. The Balaban J connectivity index is 1.78. The van der Waals surface area contributed by atoms with Crippen molar-refractivity contribution in [1.82, 2.24) is 0 Å². The summed E-state index contributed by atoms with van der Waals surface area (Å²) in [7, 11) is 0. The van der Waals surface area contributed by atoms with Gasteiger partial charge in [0, 0.05) is 10.0 Å². The van der Waals surface area contributed by atoms with E-state index in [9.17, 15) is 10.1 Å². The van der Waals surface area contributed by atoms with E-state index in [0.29, 0.717) is 17.1 Å². The molecule has 0 bridgehead atoms. The molecule has 0 aliphatic rings. The number of nitriles is 1. The number of esters is 1. The first kappa shape index (κ1) is 21.6. The Morgan fingerprint density at radius 1 is 0.900 bits per heavy atom. The third-order valence-electron chi connectivity index (χ3n) is 4.64. The molecule has 3 rings (SSSR count). The zero-order valence-corrected chi connectivity index (χ0v) is 18.4. The average molecular weight is 464 g/mol. The van der Waals surface area contributed by atoms with Crippen molar-refractivity contribution in [3.8, 4) is 17.6 Å². The summed E-state index contributed by atoms with van der Waals surface area (Å²) in [6.45, 7) is 3.92. The summed E-state index contributed by atoms with van der Waals surface area (Å²) in [5.74, 6) is 0.398. The summed E-state index contributed by atoms with van der Waals surface area (Å²) in [6.07, 6.45) is -1.02.